The number of hydrogen-bond donors (Lipinski definition) is 1. The van der Waals surface area contributed by atoms with E-state index in [1.54, 1.807) is 6.07 Å². The Kier molecular flexibility index (Phi) is 2.70. The molecule has 1 aromatic carbocycles. The molecule has 2 heteroatoms. The van der Waals surface area contributed by atoms with Gasteiger partial charge in [-0.1, -0.05) is 18.4 Å². The van der Waals surface area contributed by atoms with Crippen LogP contribution < -0.4 is 0 Å². The number of carbonyl (C=O) groups is 1. The fourth-order valence-corrected chi connectivity index (χ4v) is 2.14. The Morgan fingerprint density at radius 2 is 2.19 bits per heavy atom. The number of aryl methyl sites for hydroxylation is 1. The van der Waals surface area contributed by atoms with Crippen molar-refractivity contribution in [3.8, 4) is 12.3 Å². The zero-order chi connectivity index (χ0) is 11.7. The zero-order valence-electron chi connectivity index (χ0n) is 9.29. The van der Waals surface area contributed by atoms with Crippen molar-refractivity contribution in [3.05, 3.63) is 34.4 Å². The van der Waals surface area contributed by atoms with Crippen molar-refractivity contribution in [1.29, 1.82) is 0 Å². The molecule has 2 rings (SSSR count). The number of carboxylic acids is 1. The summed E-state index contributed by atoms with van der Waals surface area (Å²) in [4.78, 5) is 11.0. The smallest absolute Gasteiger partial charge is 0.335 e. The molecular weight excluding hydrogens is 200 g/mol. The van der Waals surface area contributed by atoms with Crippen LogP contribution in [0.3, 0.4) is 0 Å². The molecule has 16 heavy (non-hydrogen) atoms. The van der Waals surface area contributed by atoms with Crippen LogP contribution in [0.25, 0.3) is 0 Å². The van der Waals surface area contributed by atoms with Gasteiger partial charge >= 0.3 is 5.97 Å². The van der Waals surface area contributed by atoms with Gasteiger partial charge < -0.3 is 5.11 Å². The molecule has 0 heterocycles. The molecule has 0 radical (unpaired) electrons. The van der Waals surface area contributed by atoms with E-state index in [-0.39, 0.29) is 0 Å². The summed E-state index contributed by atoms with van der Waals surface area (Å²) in [7, 11) is 0. The number of hydrogen-bond acceptors (Lipinski definition) is 1. The predicted molar refractivity (Wildman–Crippen MR) is 62.7 cm³/mol. The summed E-state index contributed by atoms with van der Waals surface area (Å²) in [5.74, 6) is 2.23. The van der Waals surface area contributed by atoms with Crippen molar-refractivity contribution in [3.63, 3.8) is 0 Å². The third kappa shape index (κ3) is 1.69. The largest absolute Gasteiger partial charge is 0.478 e. The lowest BCUT2D eigenvalue weighted by atomic mass is 9.77. The van der Waals surface area contributed by atoms with E-state index in [4.69, 9.17) is 11.5 Å². The van der Waals surface area contributed by atoms with Gasteiger partial charge in [0.25, 0.3) is 0 Å². The van der Waals surface area contributed by atoms with Crippen molar-refractivity contribution in [1.82, 2.24) is 0 Å². The number of terminal acetylenes is 1. The highest BCUT2D eigenvalue weighted by molar-refractivity contribution is 5.90. The van der Waals surface area contributed by atoms with Crippen molar-refractivity contribution < 1.29 is 9.90 Å². The molecular formula is C14H14O2. The lowest BCUT2D eigenvalue weighted by molar-refractivity contribution is 0.0696. The Morgan fingerprint density at radius 1 is 1.50 bits per heavy atom. The highest BCUT2D eigenvalue weighted by Gasteiger charge is 2.23. The van der Waals surface area contributed by atoms with E-state index in [1.807, 2.05) is 13.0 Å². The van der Waals surface area contributed by atoms with E-state index in [2.05, 4.69) is 5.92 Å². The van der Waals surface area contributed by atoms with E-state index in [0.717, 1.165) is 16.7 Å². The second-order valence-corrected chi connectivity index (χ2v) is 4.33. The van der Waals surface area contributed by atoms with Crippen molar-refractivity contribution in [2.75, 3.05) is 0 Å². The summed E-state index contributed by atoms with van der Waals surface area (Å²) in [5.41, 5.74) is 3.01. The molecule has 1 aromatic rings. The normalized spacial score (nSPS) is 15.2. The molecule has 0 amide bonds. The first-order chi connectivity index (χ1) is 7.63. The molecule has 0 aliphatic heterocycles. The highest BCUT2D eigenvalue weighted by atomic mass is 16.4. The summed E-state index contributed by atoms with van der Waals surface area (Å²) in [6.07, 6.45) is 9.02. The van der Waals surface area contributed by atoms with Gasteiger partial charge in [-0.05, 0) is 42.9 Å². The minimum atomic E-state index is -0.908. The molecule has 1 aliphatic rings. The number of rotatable bonds is 2. The predicted octanol–water partition coefficient (Wildman–Crippen LogP) is 2.94. The van der Waals surface area contributed by atoms with Gasteiger partial charge in [0.2, 0.25) is 0 Å². The van der Waals surface area contributed by atoms with Crippen LogP contribution in [-0.2, 0) is 0 Å². The van der Waals surface area contributed by atoms with Crippen molar-refractivity contribution in [2.45, 2.75) is 32.1 Å². The molecule has 1 saturated carbocycles. The highest BCUT2D eigenvalue weighted by Crippen LogP contribution is 2.38. The van der Waals surface area contributed by atoms with Gasteiger partial charge in [-0.3, -0.25) is 0 Å². The Labute approximate surface area is 95.3 Å². The van der Waals surface area contributed by atoms with Crippen LogP contribution in [0.5, 0.6) is 0 Å². The molecule has 2 nitrogen and oxygen atoms in total. The Balaban J connectivity index is 2.51. The number of aromatic carboxylic acids is 1. The average Bonchev–Trinajstić information content (AvgIpc) is 2.14. The van der Waals surface area contributed by atoms with E-state index < -0.39 is 5.97 Å². The van der Waals surface area contributed by atoms with Gasteiger partial charge in [0.1, 0.15) is 0 Å². The second kappa shape index (κ2) is 4.02. The van der Waals surface area contributed by atoms with E-state index in [9.17, 15) is 4.79 Å². The summed E-state index contributed by atoms with van der Waals surface area (Å²) in [5, 5.41) is 9.02. The van der Waals surface area contributed by atoms with E-state index in [0.29, 0.717) is 11.5 Å². The summed E-state index contributed by atoms with van der Waals surface area (Å²) < 4.78 is 0. The number of carboxylic acid groups (broad SMARTS) is 1. The van der Waals surface area contributed by atoms with Crippen molar-refractivity contribution >= 4 is 5.97 Å². The quantitative estimate of drug-likeness (QED) is 0.768. The molecule has 0 spiro atoms. The summed E-state index contributed by atoms with van der Waals surface area (Å²) in [6, 6.07) is 3.58. The third-order valence-electron chi connectivity index (χ3n) is 3.33. The first kappa shape index (κ1) is 10.8. The first-order valence-electron chi connectivity index (χ1n) is 5.48. The van der Waals surface area contributed by atoms with Crippen LogP contribution in [0.15, 0.2) is 12.1 Å². The lowest BCUT2D eigenvalue weighted by Crippen LogP contribution is -2.12. The van der Waals surface area contributed by atoms with Crippen LogP contribution >= 0.6 is 0 Å². The minimum Gasteiger partial charge on any atom is -0.478 e. The zero-order valence-corrected chi connectivity index (χ0v) is 9.29. The minimum absolute atomic E-state index is 0.316. The molecule has 1 fully saturated rings. The van der Waals surface area contributed by atoms with Gasteiger partial charge in [-0.2, -0.15) is 0 Å². The Bertz CT molecular complexity index is 476. The number of benzene rings is 1. The fraction of sp³-hybridized carbons (Fsp3) is 0.357. The third-order valence-corrected chi connectivity index (χ3v) is 3.33. The molecule has 82 valence electrons. The maximum atomic E-state index is 11.0. The summed E-state index contributed by atoms with van der Waals surface area (Å²) >= 11 is 0. The fourth-order valence-electron chi connectivity index (χ4n) is 2.14. The van der Waals surface area contributed by atoms with Gasteiger partial charge in [0, 0.05) is 5.56 Å². The van der Waals surface area contributed by atoms with Crippen LogP contribution in [-0.4, -0.2) is 11.1 Å². The lowest BCUT2D eigenvalue weighted by Gasteiger charge is -2.27. The van der Waals surface area contributed by atoms with Crippen molar-refractivity contribution in [2.24, 2.45) is 0 Å². The molecule has 0 aromatic heterocycles. The van der Waals surface area contributed by atoms with Crippen LogP contribution in [0.1, 0.15) is 52.2 Å². The van der Waals surface area contributed by atoms with Crippen LogP contribution in [0, 0.1) is 19.3 Å². The summed E-state index contributed by atoms with van der Waals surface area (Å²) in [6.45, 7) is 1.83. The molecule has 1 N–H and O–H groups in total. The van der Waals surface area contributed by atoms with Gasteiger partial charge in [0.05, 0.1) is 5.56 Å². The monoisotopic (exact) mass is 214 g/mol. The maximum absolute atomic E-state index is 11.0. The Hall–Kier alpha value is -1.75. The van der Waals surface area contributed by atoms with Crippen LogP contribution in [0.2, 0.25) is 0 Å². The van der Waals surface area contributed by atoms with Gasteiger partial charge in [0.15, 0.2) is 0 Å². The van der Waals surface area contributed by atoms with E-state index in [1.165, 1.54) is 19.3 Å². The van der Waals surface area contributed by atoms with Gasteiger partial charge in [-0.25, -0.2) is 4.79 Å². The molecule has 0 saturated heterocycles. The second-order valence-electron chi connectivity index (χ2n) is 4.33. The topological polar surface area (TPSA) is 37.3 Å². The molecule has 0 bridgehead atoms. The van der Waals surface area contributed by atoms with Crippen LogP contribution in [0.4, 0.5) is 0 Å². The maximum Gasteiger partial charge on any atom is 0.335 e. The first-order valence-corrected chi connectivity index (χ1v) is 5.48. The Morgan fingerprint density at radius 3 is 2.62 bits per heavy atom. The van der Waals surface area contributed by atoms with E-state index >= 15 is 0 Å². The SMILES string of the molecule is C#Cc1cc(C(=O)O)c(C)cc1C1CCC1. The molecule has 0 unspecified atom stereocenters. The molecule has 1 aliphatic carbocycles. The molecule has 0 atom stereocenters. The standard InChI is InChI=1S/C14H14O2/c1-3-10-8-12(14(15)16)9(2)7-13(10)11-5-4-6-11/h1,7-8,11H,4-6H2,2H3,(H,15,16). The average molecular weight is 214 g/mol. The van der Waals surface area contributed by atoms with Gasteiger partial charge in [-0.15, -0.1) is 6.42 Å².